The Bertz CT molecular complexity index is 1290. The van der Waals surface area contributed by atoms with Crippen molar-refractivity contribution in [3.8, 4) is 22.5 Å². The largest absolute Gasteiger partial charge is 0.476 e. The zero-order chi connectivity index (χ0) is 25.0. The second-order valence-corrected chi connectivity index (χ2v) is 8.71. The first kappa shape index (κ1) is 24.2. The van der Waals surface area contributed by atoms with Gasteiger partial charge in [0.1, 0.15) is 18.0 Å². The lowest BCUT2D eigenvalue weighted by Gasteiger charge is -2.22. The number of nitrogens with one attached hydrogen (secondary N) is 1. The molecular formula is C25H28N6O4. The number of hydrogen-bond acceptors (Lipinski definition) is 7. The van der Waals surface area contributed by atoms with E-state index < -0.39 is 11.6 Å². The van der Waals surface area contributed by atoms with Crippen LogP contribution in [0.2, 0.25) is 0 Å². The number of nitrogens with zero attached hydrogens (tertiary/aromatic N) is 5. The molecule has 0 aliphatic carbocycles. The molecule has 0 bridgehead atoms. The summed E-state index contributed by atoms with van der Waals surface area (Å²) in [5, 5.41) is 34.8. The topological polar surface area (TPSA) is 139 Å². The van der Waals surface area contributed by atoms with Crippen molar-refractivity contribution >= 4 is 5.97 Å². The normalized spacial score (nSPS) is 11.7. The number of aromatic amines is 1. The maximum Gasteiger partial charge on any atom is 0.356 e. The number of rotatable bonds is 10. The zero-order valence-corrected chi connectivity index (χ0v) is 19.9. The van der Waals surface area contributed by atoms with Gasteiger partial charge in [-0.25, -0.2) is 9.78 Å². The Morgan fingerprint density at radius 2 is 1.83 bits per heavy atom. The van der Waals surface area contributed by atoms with Crippen molar-refractivity contribution in [1.29, 1.82) is 0 Å². The monoisotopic (exact) mass is 476 g/mol. The van der Waals surface area contributed by atoms with Gasteiger partial charge in [-0.15, -0.1) is 10.2 Å². The van der Waals surface area contributed by atoms with Gasteiger partial charge in [-0.05, 0) is 42.2 Å². The zero-order valence-electron chi connectivity index (χ0n) is 19.9. The van der Waals surface area contributed by atoms with Crippen molar-refractivity contribution in [3.05, 3.63) is 71.3 Å². The maximum atomic E-state index is 11.9. The molecule has 0 saturated heterocycles. The molecule has 0 fully saturated rings. The smallest absolute Gasteiger partial charge is 0.356 e. The predicted octanol–water partition coefficient (Wildman–Crippen LogP) is 3.63. The van der Waals surface area contributed by atoms with Crippen LogP contribution in [0.15, 0.2) is 48.5 Å². The molecule has 0 amide bonds. The summed E-state index contributed by atoms with van der Waals surface area (Å²) in [6.07, 6.45) is 0.831. The number of aliphatic hydroxyl groups is 1. The Morgan fingerprint density at radius 3 is 2.43 bits per heavy atom. The van der Waals surface area contributed by atoms with Crippen molar-refractivity contribution < 1.29 is 19.7 Å². The third-order valence-electron chi connectivity index (χ3n) is 5.53. The first-order valence-corrected chi connectivity index (χ1v) is 11.3. The molecule has 35 heavy (non-hydrogen) atoms. The average Bonchev–Trinajstić information content (AvgIpc) is 3.48. The first-order valence-electron chi connectivity index (χ1n) is 11.3. The number of carbonyl (C=O) groups is 1. The van der Waals surface area contributed by atoms with Crippen molar-refractivity contribution in [1.82, 2.24) is 30.2 Å². The minimum atomic E-state index is -1.41. The predicted molar refractivity (Wildman–Crippen MR) is 129 cm³/mol. The molecule has 3 N–H and O–H groups in total. The fraction of sp³-hybridized carbons (Fsp3) is 0.320. The van der Waals surface area contributed by atoms with Crippen LogP contribution >= 0.6 is 0 Å². The van der Waals surface area contributed by atoms with E-state index in [0.29, 0.717) is 24.8 Å². The van der Waals surface area contributed by atoms with Crippen LogP contribution in [0.25, 0.3) is 22.5 Å². The first-order chi connectivity index (χ1) is 16.8. The van der Waals surface area contributed by atoms with Gasteiger partial charge in [0.25, 0.3) is 0 Å². The van der Waals surface area contributed by atoms with E-state index in [2.05, 4.69) is 25.6 Å². The molecule has 0 unspecified atom stereocenters. The van der Waals surface area contributed by atoms with Crippen LogP contribution in [0, 0.1) is 0 Å². The number of benzene rings is 2. The molecular weight excluding hydrogens is 448 g/mol. The van der Waals surface area contributed by atoms with Gasteiger partial charge in [-0.3, -0.25) is 0 Å². The van der Waals surface area contributed by atoms with Gasteiger partial charge in [0.15, 0.2) is 5.69 Å². The number of aromatic nitrogens is 6. The van der Waals surface area contributed by atoms with Crippen LogP contribution in [0.1, 0.15) is 54.8 Å². The van der Waals surface area contributed by atoms with Crippen molar-refractivity contribution in [2.45, 2.75) is 45.9 Å². The Labute approximate surface area is 202 Å². The SMILES string of the molecule is CCCOCc1nc(C(=O)O)c(C(C)(C)O)n1Cc1ccc(-c2ccccc2-c2nn[nH]n2)cc1. The molecule has 0 atom stereocenters. The molecule has 0 aliphatic rings. The van der Waals surface area contributed by atoms with E-state index in [9.17, 15) is 15.0 Å². The summed E-state index contributed by atoms with van der Waals surface area (Å²) >= 11 is 0. The molecule has 182 valence electrons. The molecule has 10 heteroatoms. The molecule has 0 radical (unpaired) electrons. The minimum absolute atomic E-state index is 0.153. The van der Waals surface area contributed by atoms with Gasteiger partial charge in [0, 0.05) is 18.7 Å². The maximum absolute atomic E-state index is 11.9. The minimum Gasteiger partial charge on any atom is -0.476 e. The van der Waals surface area contributed by atoms with Gasteiger partial charge in [0.2, 0.25) is 5.82 Å². The van der Waals surface area contributed by atoms with E-state index in [1.807, 2.05) is 55.5 Å². The number of carboxylic acid groups (broad SMARTS) is 1. The van der Waals surface area contributed by atoms with Crippen LogP contribution in [0.4, 0.5) is 0 Å². The molecule has 2 heterocycles. The Kier molecular flexibility index (Phi) is 7.04. The van der Waals surface area contributed by atoms with E-state index in [1.54, 1.807) is 18.4 Å². The van der Waals surface area contributed by atoms with E-state index in [4.69, 9.17) is 4.74 Å². The van der Waals surface area contributed by atoms with Gasteiger partial charge in [-0.2, -0.15) is 5.21 Å². The van der Waals surface area contributed by atoms with Crippen molar-refractivity contribution in [2.75, 3.05) is 6.61 Å². The van der Waals surface area contributed by atoms with Gasteiger partial charge >= 0.3 is 5.97 Å². The third kappa shape index (κ3) is 5.28. The molecule has 2 aromatic heterocycles. The second kappa shape index (κ2) is 10.2. The number of aromatic carboxylic acids is 1. The van der Waals surface area contributed by atoms with Gasteiger partial charge < -0.3 is 19.5 Å². The van der Waals surface area contributed by atoms with E-state index in [0.717, 1.165) is 28.7 Å². The van der Waals surface area contributed by atoms with Crippen LogP contribution in [-0.2, 0) is 23.5 Å². The van der Waals surface area contributed by atoms with Crippen LogP contribution in [-0.4, -0.2) is 53.0 Å². The van der Waals surface area contributed by atoms with E-state index in [1.165, 1.54) is 0 Å². The number of hydrogen-bond donors (Lipinski definition) is 3. The summed E-state index contributed by atoms with van der Waals surface area (Å²) in [6, 6.07) is 15.7. The molecule has 2 aromatic carbocycles. The number of ether oxygens (including phenoxy) is 1. The van der Waals surface area contributed by atoms with Crippen LogP contribution in [0.3, 0.4) is 0 Å². The van der Waals surface area contributed by atoms with Crippen LogP contribution in [0.5, 0.6) is 0 Å². The highest BCUT2D eigenvalue weighted by Crippen LogP contribution is 2.31. The second-order valence-electron chi connectivity index (χ2n) is 8.71. The highest BCUT2D eigenvalue weighted by Gasteiger charge is 2.32. The molecule has 0 aliphatic heterocycles. The third-order valence-corrected chi connectivity index (χ3v) is 5.53. The summed E-state index contributed by atoms with van der Waals surface area (Å²) in [5.74, 6) is -0.221. The fourth-order valence-electron chi connectivity index (χ4n) is 4.03. The van der Waals surface area contributed by atoms with Crippen molar-refractivity contribution in [3.63, 3.8) is 0 Å². The van der Waals surface area contributed by atoms with E-state index in [-0.39, 0.29) is 18.0 Å². The fourth-order valence-corrected chi connectivity index (χ4v) is 4.03. The Hall–Kier alpha value is -3.89. The molecule has 4 aromatic rings. The number of carboxylic acids is 1. The molecule has 0 spiro atoms. The van der Waals surface area contributed by atoms with E-state index >= 15 is 0 Å². The lowest BCUT2D eigenvalue weighted by Crippen LogP contribution is -2.25. The van der Waals surface area contributed by atoms with Gasteiger partial charge in [-0.1, -0.05) is 55.5 Å². The molecule has 4 rings (SSSR count). The number of tetrazole rings is 1. The molecule has 0 saturated carbocycles. The Balaban J connectivity index is 1.69. The lowest BCUT2D eigenvalue weighted by atomic mass is 9.98. The van der Waals surface area contributed by atoms with Crippen molar-refractivity contribution in [2.24, 2.45) is 0 Å². The Morgan fingerprint density at radius 1 is 1.11 bits per heavy atom. The number of H-pyrrole nitrogens is 1. The van der Waals surface area contributed by atoms with Crippen LogP contribution < -0.4 is 0 Å². The summed E-state index contributed by atoms with van der Waals surface area (Å²) in [4.78, 5) is 16.2. The average molecular weight is 477 g/mol. The summed E-state index contributed by atoms with van der Waals surface area (Å²) < 4.78 is 7.39. The lowest BCUT2D eigenvalue weighted by molar-refractivity contribution is 0.0584. The van der Waals surface area contributed by atoms with Gasteiger partial charge in [0.05, 0.1) is 5.69 Å². The number of imidazole rings is 1. The summed E-state index contributed by atoms with van der Waals surface area (Å²) in [6.45, 7) is 6.12. The highest BCUT2D eigenvalue weighted by atomic mass is 16.5. The summed E-state index contributed by atoms with van der Waals surface area (Å²) in [5.41, 5.74) is 2.37. The quantitative estimate of drug-likeness (QED) is 0.295. The standard InChI is InChI=1S/C25H28N6O4/c1-4-13-35-15-20-26-21(24(32)33)22(25(2,3)34)31(20)14-16-9-11-17(12-10-16)18-7-5-6-8-19(18)23-27-29-30-28-23/h5-12,34H,4,13-15H2,1-3H3,(H,32,33)(H,27,28,29,30). The highest BCUT2D eigenvalue weighted by molar-refractivity contribution is 5.87. The molecule has 10 nitrogen and oxygen atoms in total. The summed E-state index contributed by atoms with van der Waals surface area (Å²) in [7, 11) is 0.